The summed E-state index contributed by atoms with van der Waals surface area (Å²) in [7, 11) is 0. The molecule has 2 amide bonds. The van der Waals surface area contributed by atoms with Crippen LogP contribution in [-0.2, 0) is 9.59 Å². The highest BCUT2D eigenvalue weighted by Gasteiger charge is 2.40. The number of hydrogen-bond acceptors (Lipinski definition) is 6. The summed E-state index contributed by atoms with van der Waals surface area (Å²) in [6.45, 7) is 5.73. The Bertz CT molecular complexity index is 1290. The average Bonchev–Trinajstić information content (AvgIpc) is 3.04. The zero-order valence-electron chi connectivity index (χ0n) is 18.9. The number of hydrogen-bond donors (Lipinski definition) is 1. The number of anilines is 2. The van der Waals surface area contributed by atoms with Crippen molar-refractivity contribution in [2.24, 2.45) is 0 Å². The molecule has 0 spiro atoms. The lowest BCUT2D eigenvalue weighted by molar-refractivity contribution is -0.384. The van der Waals surface area contributed by atoms with E-state index in [9.17, 15) is 19.7 Å². The minimum Gasteiger partial charge on any atom is -0.491 e. The van der Waals surface area contributed by atoms with Crippen LogP contribution in [0, 0.1) is 17.0 Å². The summed E-state index contributed by atoms with van der Waals surface area (Å²) in [5.41, 5.74) is 2.48. The molecule has 0 aromatic heterocycles. The number of benzene rings is 3. The van der Waals surface area contributed by atoms with E-state index in [0.717, 1.165) is 10.5 Å². The second kappa shape index (κ2) is 9.19. The molecule has 8 heteroatoms. The van der Waals surface area contributed by atoms with Gasteiger partial charge in [-0.2, -0.15) is 0 Å². The second-order valence-electron chi connectivity index (χ2n) is 8.15. The van der Waals surface area contributed by atoms with E-state index in [1.807, 2.05) is 26.8 Å². The molecule has 0 radical (unpaired) electrons. The van der Waals surface area contributed by atoms with Crippen LogP contribution in [0.15, 0.2) is 78.5 Å². The third kappa shape index (κ3) is 4.52. The Labute approximate surface area is 196 Å². The minimum absolute atomic E-state index is 0.0205. The minimum atomic E-state index is -0.515. The molecular weight excluding hydrogens is 434 g/mol. The first-order valence-electron chi connectivity index (χ1n) is 10.7. The molecule has 1 aliphatic rings. The molecule has 1 heterocycles. The van der Waals surface area contributed by atoms with Gasteiger partial charge in [-0.25, -0.2) is 4.90 Å². The van der Waals surface area contributed by atoms with Gasteiger partial charge in [-0.05, 0) is 80.4 Å². The highest BCUT2D eigenvalue weighted by atomic mass is 16.6. The highest BCUT2D eigenvalue weighted by molar-refractivity contribution is 6.46. The molecule has 0 fully saturated rings. The third-order valence-electron chi connectivity index (χ3n) is 5.21. The second-order valence-corrected chi connectivity index (χ2v) is 8.15. The van der Waals surface area contributed by atoms with Crippen LogP contribution < -0.4 is 15.0 Å². The molecule has 0 bridgehead atoms. The van der Waals surface area contributed by atoms with Crippen LogP contribution in [-0.4, -0.2) is 22.8 Å². The van der Waals surface area contributed by atoms with Gasteiger partial charge in [0.1, 0.15) is 11.4 Å². The van der Waals surface area contributed by atoms with Gasteiger partial charge in [-0.1, -0.05) is 12.1 Å². The number of nitrogens with zero attached hydrogens (tertiary/aromatic N) is 2. The smallest absolute Gasteiger partial charge is 0.282 e. The molecule has 0 saturated heterocycles. The summed E-state index contributed by atoms with van der Waals surface area (Å²) >= 11 is 0. The van der Waals surface area contributed by atoms with Crippen LogP contribution in [0.3, 0.4) is 0 Å². The Balaban J connectivity index is 1.75. The standard InChI is InChI=1S/C26H23N3O5/c1-16(2)34-22-13-9-19(10-14-22)27-24-23(18-7-11-20(12-8-18)29(32)33)25(30)28(26(24)31)21-6-4-5-17(3)15-21/h4-16,27H,1-3H3. The van der Waals surface area contributed by atoms with Crippen molar-refractivity contribution in [3.05, 3.63) is 99.7 Å². The maximum Gasteiger partial charge on any atom is 0.282 e. The predicted molar refractivity (Wildman–Crippen MR) is 130 cm³/mol. The molecule has 172 valence electrons. The van der Waals surface area contributed by atoms with E-state index in [4.69, 9.17) is 4.74 Å². The Hall–Kier alpha value is -4.46. The summed E-state index contributed by atoms with van der Waals surface area (Å²) in [5, 5.41) is 14.1. The lowest BCUT2D eigenvalue weighted by Gasteiger charge is -2.16. The molecule has 3 aromatic rings. The number of nitrogens with one attached hydrogen (secondary N) is 1. The first-order valence-corrected chi connectivity index (χ1v) is 10.7. The summed E-state index contributed by atoms with van der Waals surface area (Å²) < 4.78 is 5.66. The number of aryl methyl sites for hydroxylation is 1. The quantitative estimate of drug-likeness (QED) is 0.301. The van der Waals surface area contributed by atoms with Gasteiger partial charge in [-0.15, -0.1) is 0 Å². The number of ether oxygens (including phenoxy) is 1. The molecule has 34 heavy (non-hydrogen) atoms. The van der Waals surface area contributed by atoms with Gasteiger partial charge in [0.25, 0.3) is 17.5 Å². The molecule has 1 aliphatic heterocycles. The Kier molecular flexibility index (Phi) is 6.14. The molecule has 0 atom stereocenters. The van der Waals surface area contributed by atoms with Crippen LogP contribution in [0.1, 0.15) is 25.0 Å². The molecule has 8 nitrogen and oxygen atoms in total. The number of carbonyl (C=O) groups excluding carboxylic acids is 2. The number of nitro groups is 1. The average molecular weight is 457 g/mol. The fraction of sp³-hybridized carbons (Fsp3) is 0.154. The molecule has 3 aromatic carbocycles. The Morgan fingerprint density at radius 3 is 2.21 bits per heavy atom. The van der Waals surface area contributed by atoms with Crippen molar-refractivity contribution in [2.45, 2.75) is 26.9 Å². The number of amides is 2. The van der Waals surface area contributed by atoms with Gasteiger partial charge in [0.15, 0.2) is 0 Å². The maximum absolute atomic E-state index is 13.5. The van der Waals surface area contributed by atoms with Crippen molar-refractivity contribution in [2.75, 3.05) is 10.2 Å². The monoisotopic (exact) mass is 457 g/mol. The van der Waals surface area contributed by atoms with Crippen molar-refractivity contribution in [1.82, 2.24) is 0 Å². The Morgan fingerprint density at radius 2 is 1.62 bits per heavy atom. The highest BCUT2D eigenvalue weighted by Crippen LogP contribution is 2.34. The van der Waals surface area contributed by atoms with Crippen molar-refractivity contribution in [1.29, 1.82) is 0 Å². The summed E-state index contributed by atoms with van der Waals surface area (Å²) in [4.78, 5) is 38.6. The van der Waals surface area contributed by atoms with Gasteiger partial charge in [0.05, 0.1) is 22.3 Å². The van der Waals surface area contributed by atoms with Gasteiger partial charge in [0.2, 0.25) is 0 Å². The van der Waals surface area contributed by atoms with E-state index >= 15 is 0 Å². The Morgan fingerprint density at radius 1 is 0.941 bits per heavy atom. The molecular formula is C26H23N3O5. The van der Waals surface area contributed by atoms with E-state index in [-0.39, 0.29) is 23.1 Å². The lowest BCUT2D eigenvalue weighted by Crippen LogP contribution is -2.32. The molecule has 4 rings (SSSR count). The summed E-state index contributed by atoms with van der Waals surface area (Å²) in [6, 6.07) is 19.7. The number of nitro benzene ring substituents is 1. The van der Waals surface area contributed by atoms with Crippen LogP contribution >= 0.6 is 0 Å². The third-order valence-corrected chi connectivity index (χ3v) is 5.21. The van der Waals surface area contributed by atoms with E-state index in [1.165, 1.54) is 24.3 Å². The molecule has 0 saturated carbocycles. The van der Waals surface area contributed by atoms with Crippen molar-refractivity contribution >= 4 is 34.4 Å². The number of carbonyl (C=O) groups is 2. The zero-order valence-corrected chi connectivity index (χ0v) is 18.9. The van der Waals surface area contributed by atoms with Gasteiger partial charge in [0, 0.05) is 17.8 Å². The zero-order chi connectivity index (χ0) is 24.4. The number of non-ortho nitro benzene ring substituents is 1. The van der Waals surface area contributed by atoms with Gasteiger partial charge >= 0.3 is 0 Å². The van der Waals surface area contributed by atoms with Crippen LogP contribution in [0.2, 0.25) is 0 Å². The number of rotatable bonds is 7. The van der Waals surface area contributed by atoms with Gasteiger partial charge < -0.3 is 10.1 Å². The summed E-state index contributed by atoms with van der Waals surface area (Å²) in [5.74, 6) is -0.335. The normalized spacial score (nSPS) is 13.6. The van der Waals surface area contributed by atoms with Crippen molar-refractivity contribution in [3.63, 3.8) is 0 Å². The van der Waals surface area contributed by atoms with Crippen molar-refractivity contribution < 1.29 is 19.2 Å². The SMILES string of the molecule is Cc1cccc(N2C(=O)C(Nc3ccc(OC(C)C)cc3)=C(c3ccc([N+](=O)[O-])cc3)C2=O)c1. The molecule has 0 unspecified atom stereocenters. The molecule has 0 aliphatic carbocycles. The fourth-order valence-corrected chi connectivity index (χ4v) is 3.70. The van der Waals surface area contributed by atoms with Gasteiger partial charge in [-0.3, -0.25) is 19.7 Å². The van der Waals surface area contributed by atoms with E-state index in [2.05, 4.69) is 5.32 Å². The van der Waals surface area contributed by atoms with Crippen molar-refractivity contribution in [3.8, 4) is 5.75 Å². The van der Waals surface area contributed by atoms with Crippen LogP contribution in [0.25, 0.3) is 5.57 Å². The predicted octanol–water partition coefficient (Wildman–Crippen LogP) is 5.09. The van der Waals surface area contributed by atoms with E-state index in [1.54, 1.807) is 42.5 Å². The molecule has 1 N–H and O–H groups in total. The van der Waals surface area contributed by atoms with Crippen LogP contribution in [0.5, 0.6) is 5.75 Å². The van der Waals surface area contributed by atoms with Crippen LogP contribution in [0.4, 0.5) is 17.1 Å². The first-order chi connectivity index (χ1) is 16.2. The van der Waals surface area contributed by atoms with E-state index < -0.39 is 16.7 Å². The first kappa shape index (κ1) is 22.7. The topological polar surface area (TPSA) is 102 Å². The largest absolute Gasteiger partial charge is 0.491 e. The van der Waals surface area contributed by atoms with E-state index in [0.29, 0.717) is 22.7 Å². The summed E-state index contributed by atoms with van der Waals surface area (Å²) in [6.07, 6.45) is 0.0205. The lowest BCUT2D eigenvalue weighted by atomic mass is 10.0. The number of imide groups is 1. The fourth-order valence-electron chi connectivity index (χ4n) is 3.70. The maximum atomic E-state index is 13.5.